The molecule has 2 N–H and O–H groups in total. The molecule has 7 rings (SSSR count). The Morgan fingerprint density at radius 2 is 1.77 bits per heavy atom. The van der Waals surface area contributed by atoms with E-state index in [1.165, 1.54) is 6.07 Å². The monoisotopic (exact) mass is 666 g/mol. The van der Waals surface area contributed by atoms with Crippen LogP contribution in [-0.2, 0) is 10.9 Å². The lowest BCUT2D eigenvalue weighted by Gasteiger charge is -2.37. The fourth-order valence-corrected chi connectivity index (χ4v) is 8.03. The normalized spacial score (nSPS) is 22.1. The van der Waals surface area contributed by atoms with Gasteiger partial charge >= 0.3 is 6.18 Å². The van der Waals surface area contributed by atoms with Crippen molar-refractivity contribution in [3.05, 3.63) is 36.3 Å². The second kappa shape index (κ2) is 12.8. The maximum Gasteiger partial charge on any atom is 0.433 e. The highest BCUT2D eigenvalue weighted by molar-refractivity contribution is 5.91. The molecule has 14 heteroatoms. The summed E-state index contributed by atoms with van der Waals surface area (Å²) in [6.45, 7) is 3.16. The third-order valence-electron chi connectivity index (χ3n) is 10.1. The van der Waals surface area contributed by atoms with Crippen LogP contribution < -0.4 is 14.5 Å². The molecule has 2 saturated heterocycles. The average molecular weight is 667 g/mol. The number of rotatable bonds is 10. The molecule has 4 aromatic heterocycles. The third kappa shape index (κ3) is 6.27. The minimum Gasteiger partial charge on any atom is -0.478 e. The van der Waals surface area contributed by atoms with Gasteiger partial charge < -0.3 is 29.4 Å². The molecule has 3 aliphatic rings. The van der Waals surface area contributed by atoms with E-state index in [9.17, 15) is 18.3 Å². The van der Waals surface area contributed by atoms with Gasteiger partial charge in [-0.15, -0.1) is 0 Å². The Labute approximate surface area is 276 Å². The highest BCUT2D eigenvalue weighted by Gasteiger charge is 2.41. The van der Waals surface area contributed by atoms with Crippen molar-refractivity contribution in [2.45, 2.75) is 82.7 Å². The predicted octanol–water partition coefficient (Wildman–Crippen LogP) is 6.03. The Morgan fingerprint density at radius 1 is 1.02 bits per heavy atom. The minimum atomic E-state index is -4.67. The summed E-state index contributed by atoms with van der Waals surface area (Å²) in [4.78, 5) is 30.5. The number of aliphatic hydroxyl groups excluding tert-OH is 1. The van der Waals surface area contributed by atoms with Crippen molar-refractivity contribution in [1.29, 1.82) is 0 Å². The second-order valence-corrected chi connectivity index (χ2v) is 13.5. The Hall–Kier alpha value is -4.04. The van der Waals surface area contributed by atoms with Crippen LogP contribution in [0.5, 0.6) is 5.88 Å². The van der Waals surface area contributed by atoms with Crippen molar-refractivity contribution in [3.63, 3.8) is 0 Å². The standard InChI is InChI=1S/C34H41F3N8O3/c1-4-48-29-12-20(11-27(41-29)34(35,36)37)24-15-26(44(2)18-33(19-47-3)9-5-6-10-33)30-32(40-24)43-31(42-30)25-16-39-28(17-38-25)45-21-7-8-22(45)14-23(46)13-21/h11-12,15-17,21-23,46H,4-10,13-14,18-19H2,1-3H3,(H,40,42,43)/t21-,22+,23?. The predicted molar refractivity (Wildman–Crippen MR) is 175 cm³/mol. The summed E-state index contributed by atoms with van der Waals surface area (Å²) in [5.41, 5.74) is 1.68. The lowest BCUT2D eigenvalue weighted by atomic mass is 9.86. The van der Waals surface area contributed by atoms with Gasteiger partial charge in [-0.1, -0.05) is 12.8 Å². The minimum absolute atomic E-state index is 0.0460. The van der Waals surface area contributed by atoms with Gasteiger partial charge in [-0.3, -0.25) is 0 Å². The number of nitrogens with zero attached hydrogens (tertiary/aromatic N) is 7. The molecule has 2 bridgehead atoms. The molecule has 2 aliphatic heterocycles. The highest BCUT2D eigenvalue weighted by Crippen LogP contribution is 2.42. The Kier molecular flexibility index (Phi) is 8.65. The van der Waals surface area contributed by atoms with Gasteiger partial charge in [0.2, 0.25) is 5.88 Å². The van der Waals surface area contributed by atoms with E-state index < -0.39 is 11.9 Å². The smallest absolute Gasteiger partial charge is 0.433 e. The van der Waals surface area contributed by atoms with Crippen molar-refractivity contribution in [2.24, 2.45) is 5.41 Å². The lowest BCUT2D eigenvalue weighted by Crippen LogP contribution is -2.45. The fraction of sp³-hybridized carbons (Fsp3) is 0.559. The molecule has 0 amide bonds. The van der Waals surface area contributed by atoms with Crippen LogP contribution in [0.3, 0.4) is 0 Å². The maximum atomic E-state index is 13.9. The molecule has 4 aromatic rings. The lowest BCUT2D eigenvalue weighted by molar-refractivity contribution is -0.141. The zero-order valence-corrected chi connectivity index (χ0v) is 27.4. The molecule has 0 aromatic carbocycles. The van der Waals surface area contributed by atoms with Crippen LogP contribution in [0.25, 0.3) is 33.9 Å². The van der Waals surface area contributed by atoms with Gasteiger partial charge in [-0.05, 0) is 57.6 Å². The number of aromatic amines is 1. The quantitative estimate of drug-likeness (QED) is 0.207. The molecule has 3 atom stereocenters. The van der Waals surface area contributed by atoms with E-state index >= 15 is 0 Å². The molecule has 48 heavy (non-hydrogen) atoms. The van der Waals surface area contributed by atoms with Gasteiger partial charge in [0.25, 0.3) is 0 Å². The van der Waals surface area contributed by atoms with E-state index in [1.54, 1.807) is 32.5 Å². The highest BCUT2D eigenvalue weighted by atomic mass is 19.4. The number of fused-ring (bicyclic) bond motifs is 3. The fourth-order valence-electron chi connectivity index (χ4n) is 8.03. The van der Waals surface area contributed by atoms with E-state index in [-0.39, 0.29) is 41.7 Å². The number of halogens is 3. The van der Waals surface area contributed by atoms with Crippen molar-refractivity contribution in [1.82, 2.24) is 29.9 Å². The van der Waals surface area contributed by atoms with Crippen molar-refractivity contribution >= 4 is 22.7 Å². The molecule has 256 valence electrons. The summed E-state index contributed by atoms with van der Waals surface area (Å²) < 4.78 is 52.8. The number of aliphatic hydroxyl groups is 1. The first-order valence-electron chi connectivity index (χ1n) is 16.7. The SMILES string of the molecule is CCOc1cc(-c2cc(N(C)CC3(COC)CCCC3)c3[nH]c(-c4cnc(N5[C@@H]6CC[C@H]5CC(O)C6)cn4)nc3n2)cc(C(F)(F)F)n1. The van der Waals surface area contributed by atoms with Gasteiger partial charge in [0.15, 0.2) is 11.5 Å². The summed E-state index contributed by atoms with van der Waals surface area (Å²) in [6, 6.07) is 4.77. The summed E-state index contributed by atoms with van der Waals surface area (Å²) in [7, 11) is 3.69. The van der Waals surface area contributed by atoms with Gasteiger partial charge in [0.1, 0.15) is 22.7 Å². The number of methoxy groups -OCH3 is 1. The second-order valence-electron chi connectivity index (χ2n) is 13.5. The molecular weight excluding hydrogens is 625 g/mol. The van der Waals surface area contributed by atoms with Crippen molar-refractivity contribution in [2.75, 3.05) is 43.7 Å². The number of piperidine rings is 1. The Balaban J connectivity index is 1.29. The van der Waals surface area contributed by atoms with Crippen LogP contribution in [0.2, 0.25) is 0 Å². The molecule has 3 fully saturated rings. The van der Waals surface area contributed by atoms with Crippen molar-refractivity contribution < 1.29 is 27.8 Å². The van der Waals surface area contributed by atoms with E-state index in [0.29, 0.717) is 41.5 Å². The Bertz CT molecular complexity index is 1750. The number of aromatic nitrogens is 6. The maximum absolute atomic E-state index is 13.9. The molecule has 1 unspecified atom stereocenters. The first-order valence-corrected chi connectivity index (χ1v) is 16.7. The first-order chi connectivity index (χ1) is 23.1. The average Bonchev–Trinajstić information content (AvgIpc) is 3.76. The zero-order valence-electron chi connectivity index (χ0n) is 27.4. The molecule has 0 radical (unpaired) electrons. The number of H-pyrrole nitrogens is 1. The summed E-state index contributed by atoms with van der Waals surface area (Å²) in [6.07, 6.45) is 6.28. The summed E-state index contributed by atoms with van der Waals surface area (Å²) >= 11 is 0. The molecule has 1 aliphatic carbocycles. The van der Waals surface area contributed by atoms with Gasteiger partial charge in [-0.25, -0.2) is 24.9 Å². The number of hydrogen-bond donors (Lipinski definition) is 2. The van der Waals surface area contributed by atoms with Crippen LogP contribution in [0.15, 0.2) is 30.6 Å². The van der Waals surface area contributed by atoms with Crippen LogP contribution in [0, 0.1) is 5.41 Å². The number of imidazole rings is 1. The number of alkyl halides is 3. The molecule has 6 heterocycles. The van der Waals surface area contributed by atoms with E-state index in [1.807, 2.05) is 7.05 Å². The van der Waals surface area contributed by atoms with Gasteiger partial charge in [0.05, 0.1) is 43.1 Å². The topological polar surface area (TPSA) is 125 Å². The number of nitrogens with one attached hydrogen (secondary N) is 1. The molecular formula is C34H41F3N8O3. The Morgan fingerprint density at radius 3 is 2.42 bits per heavy atom. The van der Waals surface area contributed by atoms with Crippen LogP contribution in [0.1, 0.15) is 64.0 Å². The first kappa shape index (κ1) is 32.5. The number of anilines is 2. The van der Waals surface area contributed by atoms with Crippen molar-refractivity contribution in [3.8, 4) is 28.7 Å². The van der Waals surface area contributed by atoms with Crippen LogP contribution in [-0.4, -0.2) is 87.1 Å². The largest absolute Gasteiger partial charge is 0.478 e. The van der Waals surface area contributed by atoms with Crippen LogP contribution >= 0.6 is 0 Å². The van der Waals surface area contributed by atoms with Crippen LogP contribution in [0.4, 0.5) is 24.7 Å². The summed E-state index contributed by atoms with van der Waals surface area (Å²) in [5, 5.41) is 10.2. The van der Waals surface area contributed by atoms with E-state index in [2.05, 4.69) is 19.8 Å². The van der Waals surface area contributed by atoms with Gasteiger partial charge in [-0.2, -0.15) is 13.2 Å². The number of ether oxygens (including phenoxy) is 2. The number of hydrogen-bond acceptors (Lipinski definition) is 10. The van der Waals surface area contributed by atoms with E-state index in [4.69, 9.17) is 29.4 Å². The third-order valence-corrected chi connectivity index (χ3v) is 10.1. The molecule has 11 nitrogen and oxygen atoms in total. The van der Waals surface area contributed by atoms with E-state index in [0.717, 1.165) is 68.9 Å². The summed E-state index contributed by atoms with van der Waals surface area (Å²) in [5.74, 6) is 1.10. The molecule has 1 saturated carbocycles. The number of pyridine rings is 2. The zero-order chi connectivity index (χ0) is 33.6. The molecule has 0 spiro atoms. The van der Waals surface area contributed by atoms with Gasteiger partial charge in [0, 0.05) is 49.8 Å².